The second kappa shape index (κ2) is 9.71. The first kappa shape index (κ1) is 22.6. The Bertz CT molecular complexity index is 703. The van der Waals surface area contributed by atoms with Crippen LogP contribution in [0.3, 0.4) is 0 Å². The number of carbonyl (C=O) groups is 2. The van der Waals surface area contributed by atoms with Gasteiger partial charge in [-0.3, -0.25) is 4.79 Å². The summed E-state index contributed by atoms with van der Waals surface area (Å²) in [6.07, 6.45) is 2.24. The number of nitrogens with one attached hydrogen (secondary N) is 1. The molecule has 1 aromatic carbocycles. The van der Waals surface area contributed by atoms with Gasteiger partial charge in [-0.1, -0.05) is 0 Å². The molecule has 1 heterocycles. The van der Waals surface area contributed by atoms with Crippen molar-refractivity contribution in [2.24, 2.45) is 0 Å². The molecule has 0 saturated carbocycles. The molecule has 8 heteroatoms. The van der Waals surface area contributed by atoms with E-state index in [0.717, 1.165) is 19.3 Å². The molecular formula is C21H32N2O6. The molecule has 1 fully saturated rings. The van der Waals surface area contributed by atoms with Crippen molar-refractivity contribution >= 4 is 12.0 Å². The lowest BCUT2D eigenvalue weighted by Crippen LogP contribution is -2.50. The van der Waals surface area contributed by atoms with Crippen molar-refractivity contribution in [2.45, 2.75) is 51.7 Å². The Morgan fingerprint density at radius 1 is 1.07 bits per heavy atom. The lowest BCUT2D eigenvalue weighted by atomic mass is 10.0. The molecule has 1 N–H and O–H groups in total. The average molecular weight is 408 g/mol. The summed E-state index contributed by atoms with van der Waals surface area (Å²) in [4.78, 5) is 27.0. The second-order valence-corrected chi connectivity index (χ2v) is 7.94. The van der Waals surface area contributed by atoms with Crippen molar-refractivity contribution in [3.63, 3.8) is 0 Å². The van der Waals surface area contributed by atoms with E-state index in [-0.39, 0.29) is 11.9 Å². The van der Waals surface area contributed by atoms with Gasteiger partial charge in [0.25, 0.3) is 5.91 Å². The number of piperidine rings is 1. The zero-order valence-electron chi connectivity index (χ0n) is 18.2. The summed E-state index contributed by atoms with van der Waals surface area (Å²) in [5, 5.41) is 2.78. The molecule has 8 nitrogen and oxygen atoms in total. The van der Waals surface area contributed by atoms with Crippen LogP contribution in [-0.2, 0) is 4.74 Å². The summed E-state index contributed by atoms with van der Waals surface area (Å²) in [6, 6.07) is 3.19. The van der Waals surface area contributed by atoms with E-state index in [0.29, 0.717) is 35.9 Å². The highest BCUT2D eigenvalue weighted by molar-refractivity contribution is 5.96. The molecule has 1 aromatic rings. The van der Waals surface area contributed by atoms with Gasteiger partial charge in [-0.2, -0.15) is 0 Å². The smallest absolute Gasteiger partial charge is 0.407 e. The second-order valence-electron chi connectivity index (χ2n) is 7.94. The molecule has 0 spiro atoms. The molecule has 1 saturated heterocycles. The Balaban J connectivity index is 2.18. The van der Waals surface area contributed by atoms with E-state index in [4.69, 9.17) is 18.9 Å². The zero-order valence-corrected chi connectivity index (χ0v) is 18.2. The molecule has 1 aliphatic heterocycles. The maximum Gasteiger partial charge on any atom is 0.407 e. The summed E-state index contributed by atoms with van der Waals surface area (Å²) in [6.45, 7) is 6.40. The molecule has 1 atom stereocenters. The van der Waals surface area contributed by atoms with Gasteiger partial charge in [-0.25, -0.2) is 4.79 Å². The van der Waals surface area contributed by atoms with Crippen LogP contribution in [0.25, 0.3) is 0 Å². The number of amides is 2. The molecule has 2 amide bonds. The van der Waals surface area contributed by atoms with Gasteiger partial charge in [0.2, 0.25) is 5.75 Å². The summed E-state index contributed by atoms with van der Waals surface area (Å²) in [7, 11) is 4.55. The number of alkyl carbamates (subject to hydrolysis) is 1. The minimum Gasteiger partial charge on any atom is -0.493 e. The van der Waals surface area contributed by atoms with Gasteiger partial charge in [0.15, 0.2) is 11.5 Å². The van der Waals surface area contributed by atoms with E-state index in [9.17, 15) is 9.59 Å². The normalized spacial score (nSPS) is 16.8. The van der Waals surface area contributed by atoms with Crippen molar-refractivity contribution in [1.82, 2.24) is 10.2 Å². The van der Waals surface area contributed by atoms with E-state index in [1.54, 1.807) is 17.0 Å². The minimum absolute atomic E-state index is 0.108. The fourth-order valence-corrected chi connectivity index (χ4v) is 3.37. The molecular weight excluding hydrogens is 376 g/mol. The van der Waals surface area contributed by atoms with Crippen molar-refractivity contribution in [3.05, 3.63) is 17.7 Å². The number of methoxy groups -OCH3 is 3. The molecule has 0 aliphatic carbocycles. The topological polar surface area (TPSA) is 86.3 Å². The van der Waals surface area contributed by atoms with Crippen molar-refractivity contribution in [3.8, 4) is 17.2 Å². The molecule has 162 valence electrons. The molecule has 0 aromatic heterocycles. The summed E-state index contributed by atoms with van der Waals surface area (Å²) in [5.74, 6) is 1.15. The van der Waals surface area contributed by atoms with Gasteiger partial charge >= 0.3 is 6.09 Å². The molecule has 1 aliphatic rings. The lowest BCUT2D eigenvalue weighted by Gasteiger charge is -2.36. The molecule has 0 bridgehead atoms. The van der Waals surface area contributed by atoms with Gasteiger partial charge in [0.05, 0.1) is 21.3 Å². The van der Waals surface area contributed by atoms with Crippen LogP contribution in [0.4, 0.5) is 4.79 Å². The number of likely N-dealkylation sites (tertiary alicyclic amines) is 1. The summed E-state index contributed by atoms with van der Waals surface area (Å²) >= 11 is 0. The predicted octanol–water partition coefficient (Wildman–Crippen LogP) is 3.23. The Morgan fingerprint density at radius 2 is 1.69 bits per heavy atom. The van der Waals surface area contributed by atoms with Crippen LogP contribution < -0.4 is 19.5 Å². The van der Waals surface area contributed by atoms with Gasteiger partial charge in [-0.05, 0) is 52.2 Å². The minimum atomic E-state index is -0.567. The van der Waals surface area contributed by atoms with Crippen molar-refractivity contribution < 1.29 is 28.5 Å². The number of carbonyl (C=O) groups excluding carboxylic acids is 2. The lowest BCUT2D eigenvalue weighted by molar-refractivity contribution is 0.0462. The van der Waals surface area contributed by atoms with Gasteiger partial charge in [-0.15, -0.1) is 0 Å². The Kier molecular flexibility index (Phi) is 7.59. The monoisotopic (exact) mass is 408 g/mol. The maximum absolute atomic E-state index is 13.2. The van der Waals surface area contributed by atoms with Crippen LogP contribution in [-0.4, -0.2) is 63.0 Å². The Labute approximate surface area is 172 Å². The third-order valence-electron chi connectivity index (χ3n) is 4.68. The standard InChI is InChI=1S/C21H32N2O6/c1-21(2,3)29-20(25)22-13-15-9-7-8-10-23(15)19(24)14-11-16(26-4)18(28-6)17(12-14)27-5/h11-12,15H,7-10,13H2,1-6H3,(H,22,25)/t15-/m0/s1. The molecule has 0 unspecified atom stereocenters. The van der Waals surface area contributed by atoms with Crippen molar-refractivity contribution in [2.75, 3.05) is 34.4 Å². The predicted molar refractivity (Wildman–Crippen MR) is 109 cm³/mol. The molecule has 0 radical (unpaired) electrons. The van der Waals surface area contributed by atoms with E-state index < -0.39 is 11.7 Å². The summed E-state index contributed by atoms with van der Waals surface area (Å²) in [5.41, 5.74) is -0.119. The van der Waals surface area contributed by atoms with E-state index in [1.165, 1.54) is 21.3 Å². The highest BCUT2D eigenvalue weighted by Crippen LogP contribution is 2.38. The van der Waals surface area contributed by atoms with Crippen LogP contribution in [0, 0.1) is 0 Å². The first-order chi connectivity index (χ1) is 13.7. The van der Waals surface area contributed by atoms with Crippen LogP contribution in [0.1, 0.15) is 50.4 Å². The molecule has 29 heavy (non-hydrogen) atoms. The van der Waals surface area contributed by atoms with Gasteiger partial charge < -0.3 is 29.2 Å². The highest BCUT2D eigenvalue weighted by Gasteiger charge is 2.30. The van der Waals surface area contributed by atoms with Gasteiger partial charge in [0, 0.05) is 24.7 Å². The SMILES string of the molecule is COc1cc(C(=O)N2CCCC[C@H]2CNC(=O)OC(C)(C)C)cc(OC)c1OC. The van der Waals surface area contributed by atoms with Gasteiger partial charge in [0.1, 0.15) is 5.60 Å². The maximum atomic E-state index is 13.2. The third kappa shape index (κ3) is 5.92. The number of ether oxygens (including phenoxy) is 4. The number of nitrogens with zero attached hydrogens (tertiary/aromatic N) is 1. The van der Waals surface area contributed by atoms with Crippen LogP contribution >= 0.6 is 0 Å². The van der Waals surface area contributed by atoms with E-state index >= 15 is 0 Å². The third-order valence-corrected chi connectivity index (χ3v) is 4.68. The van der Waals surface area contributed by atoms with Crippen LogP contribution in [0.15, 0.2) is 12.1 Å². The average Bonchev–Trinajstić information content (AvgIpc) is 2.69. The first-order valence-corrected chi connectivity index (χ1v) is 9.78. The fourth-order valence-electron chi connectivity index (χ4n) is 3.37. The summed E-state index contributed by atoms with van der Waals surface area (Å²) < 4.78 is 21.3. The quantitative estimate of drug-likeness (QED) is 0.778. The van der Waals surface area contributed by atoms with Crippen LogP contribution in [0.2, 0.25) is 0 Å². The molecule has 2 rings (SSSR count). The van der Waals surface area contributed by atoms with E-state index in [2.05, 4.69) is 5.32 Å². The van der Waals surface area contributed by atoms with Crippen molar-refractivity contribution in [1.29, 1.82) is 0 Å². The van der Waals surface area contributed by atoms with E-state index in [1.807, 2.05) is 20.8 Å². The van der Waals surface area contributed by atoms with Crippen LogP contribution in [0.5, 0.6) is 17.2 Å². The Hall–Kier alpha value is -2.64. The number of hydrogen-bond acceptors (Lipinski definition) is 6. The zero-order chi connectivity index (χ0) is 21.6. The highest BCUT2D eigenvalue weighted by atomic mass is 16.6. The fraction of sp³-hybridized carbons (Fsp3) is 0.619. The number of benzene rings is 1. The number of rotatable bonds is 6. The first-order valence-electron chi connectivity index (χ1n) is 9.78. The number of hydrogen-bond donors (Lipinski definition) is 1. The Morgan fingerprint density at radius 3 is 2.21 bits per heavy atom. The largest absolute Gasteiger partial charge is 0.493 e.